The lowest BCUT2D eigenvalue weighted by atomic mass is 9.94. The van der Waals surface area contributed by atoms with Gasteiger partial charge >= 0.3 is 0 Å². The summed E-state index contributed by atoms with van der Waals surface area (Å²) in [6, 6.07) is 14.6. The summed E-state index contributed by atoms with van der Waals surface area (Å²) in [6.07, 6.45) is 8.34. The van der Waals surface area contributed by atoms with Gasteiger partial charge in [-0.25, -0.2) is 19.3 Å². The Balaban J connectivity index is 1.43. The van der Waals surface area contributed by atoms with E-state index in [1.165, 1.54) is 6.07 Å². The quantitative estimate of drug-likeness (QED) is 0.291. The minimum atomic E-state index is -0.461. The van der Waals surface area contributed by atoms with Gasteiger partial charge in [0.2, 0.25) is 0 Å². The molecule has 0 radical (unpaired) electrons. The molecular formula is C28H20ClFN6. The third-order valence-corrected chi connectivity index (χ3v) is 6.66. The molecule has 4 heterocycles. The third kappa shape index (κ3) is 3.97. The summed E-state index contributed by atoms with van der Waals surface area (Å²) in [5.74, 6) is 0.206. The highest BCUT2D eigenvalue weighted by molar-refractivity contribution is 6.31. The van der Waals surface area contributed by atoms with Crippen molar-refractivity contribution < 1.29 is 4.39 Å². The molecule has 0 spiro atoms. The predicted octanol–water partition coefficient (Wildman–Crippen LogP) is 6.78. The Bertz CT molecular complexity index is 1670. The molecule has 8 heteroatoms. The van der Waals surface area contributed by atoms with Gasteiger partial charge in [0.1, 0.15) is 29.3 Å². The first-order valence-electron chi connectivity index (χ1n) is 11.5. The molecule has 5 aromatic rings. The van der Waals surface area contributed by atoms with E-state index in [4.69, 9.17) is 16.6 Å². The average Bonchev–Trinajstić information content (AvgIpc) is 3.38. The normalized spacial score (nSPS) is 12.2. The molecule has 0 atom stereocenters. The van der Waals surface area contributed by atoms with Crippen LogP contribution in [0.3, 0.4) is 0 Å². The van der Waals surface area contributed by atoms with Crippen LogP contribution >= 0.6 is 11.6 Å². The van der Waals surface area contributed by atoms with Crippen molar-refractivity contribution in [3.05, 3.63) is 101 Å². The van der Waals surface area contributed by atoms with Crippen LogP contribution < -0.4 is 5.32 Å². The summed E-state index contributed by atoms with van der Waals surface area (Å²) in [6.45, 7) is 2.09. The molecule has 2 aromatic carbocycles. The average molecular weight is 495 g/mol. The van der Waals surface area contributed by atoms with Crippen molar-refractivity contribution in [2.24, 2.45) is 4.99 Å². The first kappa shape index (κ1) is 22.2. The number of anilines is 2. The molecule has 0 saturated carbocycles. The highest BCUT2D eigenvalue weighted by Gasteiger charge is 2.19. The van der Waals surface area contributed by atoms with E-state index < -0.39 is 5.82 Å². The second-order valence-corrected chi connectivity index (χ2v) is 8.98. The Morgan fingerprint density at radius 2 is 1.89 bits per heavy atom. The molecule has 176 valence electrons. The lowest BCUT2D eigenvalue weighted by Gasteiger charge is -2.15. The summed E-state index contributed by atoms with van der Waals surface area (Å²) in [4.78, 5) is 22.7. The summed E-state index contributed by atoms with van der Waals surface area (Å²) in [7, 11) is 0. The van der Waals surface area contributed by atoms with Crippen LogP contribution in [0.4, 0.5) is 21.6 Å². The number of nitrogens with zero attached hydrogens (tertiary/aromatic N) is 5. The number of fused-ring (bicyclic) bond motifs is 2. The molecule has 1 aliphatic rings. The fourth-order valence-corrected chi connectivity index (χ4v) is 4.73. The van der Waals surface area contributed by atoms with E-state index in [0.29, 0.717) is 24.3 Å². The number of halogens is 2. The van der Waals surface area contributed by atoms with Gasteiger partial charge in [-0.2, -0.15) is 0 Å². The summed E-state index contributed by atoms with van der Waals surface area (Å²) < 4.78 is 13.6. The van der Waals surface area contributed by atoms with E-state index in [9.17, 15) is 4.39 Å². The number of hydrogen-bond donors (Lipinski definition) is 1. The Hall–Kier alpha value is -4.23. The van der Waals surface area contributed by atoms with E-state index in [0.717, 1.165) is 50.2 Å². The first-order valence-corrected chi connectivity index (χ1v) is 11.9. The Morgan fingerprint density at radius 1 is 0.972 bits per heavy atom. The molecule has 1 aliphatic heterocycles. The summed E-state index contributed by atoms with van der Waals surface area (Å²) >= 11 is 5.98. The zero-order valence-corrected chi connectivity index (χ0v) is 20.1. The maximum Gasteiger partial charge on any atom is 0.141 e. The van der Waals surface area contributed by atoms with Gasteiger partial charge in [0.25, 0.3) is 0 Å². The van der Waals surface area contributed by atoms with Crippen molar-refractivity contribution in [1.29, 1.82) is 0 Å². The zero-order chi connectivity index (χ0) is 24.6. The monoisotopic (exact) mass is 494 g/mol. The van der Waals surface area contributed by atoms with Crippen molar-refractivity contribution in [2.75, 3.05) is 5.32 Å². The number of aliphatic imine (C=N–C) groups is 1. The van der Waals surface area contributed by atoms with Crippen LogP contribution in [0.1, 0.15) is 22.5 Å². The molecule has 1 N–H and O–H groups in total. The third-order valence-electron chi connectivity index (χ3n) is 6.37. The van der Waals surface area contributed by atoms with Crippen LogP contribution in [-0.4, -0.2) is 26.2 Å². The molecule has 3 aromatic heterocycles. The number of hydrogen-bond acceptors (Lipinski definition) is 6. The number of pyridine rings is 2. The lowest BCUT2D eigenvalue weighted by Crippen LogP contribution is -2.02. The maximum absolute atomic E-state index is 13.6. The van der Waals surface area contributed by atoms with Gasteiger partial charge in [-0.15, -0.1) is 0 Å². The number of nitrogens with one attached hydrogen (secondary N) is 1. The number of benzene rings is 2. The fourth-order valence-electron chi connectivity index (χ4n) is 4.55. The van der Waals surface area contributed by atoms with E-state index in [2.05, 4.69) is 38.3 Å². The fraction of sp³-hybridized carbons (Fsp3) is 0.107. The minimum absolute atomic E-state index is 0.0555. The van der Waals surface area contributed by atoms with E-state index in [1.807, 2.05) is 30.5 Å². The summed E-state index contributed by atoms with van der Waals surface area (Å²) in [5, 5.41) is 5.34. The van der Waals surface area contributed by atoms with Gasteiger partial charge < -0.3 is 5.32 Å². The summed E-state index contributed by atoms with van der Waals surface area (Å²) in [5.41, 5.74) is 7.35. The van der Waals surface area contributed by atoms with Crippen LogP contribution in [-0.2, 0) is 12.8 Å². The smallest absolute Gasteiger partial charge is 0.141 e. The van der Waals surface area contributed by atoms with Crippen molar-refractivity contribution in [3.63, 3.8) is 0 Å². The van der Waals surface area contributed by atoms with Gasteiger partial charge in [-0.05, 0) is 59.8 Å². The number of aryl methyl sites for hydroxylation is 1. The van der Waals surface area contributed by atoms with Crippen LogP contribution in [0.15, 0.2) is 72.2 Å². The second kappa shape index (κ2) is 9.09. The molecule has 36 heavy (non-hydrogen) atoms. The van der Waals surface area contributed by atoms with E-state index in [1.54, 1.807) is 30.9 Å². The minimum Gasteiger partial charge on any atom is -0.340 e. The SMILES string of the molecule is Cc1ccc2c(Nc3ccc(F)c(Cl)c3)nccc2c1Cc1ncccc1-c1ncnc2c1N=CC2. The van der Waals surface area contributed by atoms with Gasteiger partial charge in [0.05, 0.1) is 16.4 Å². The van der Waals surface area contributed by atoms with Crippen molar-refractivity contribution in [2.45, 2.75) is 19.8 Å². The van der Waals surface area contributed by atoms with Gasteiger partial charge in [-0.1, -0.05) is 23.7 Å². The second-order valence-electron chi connectivity index (χ2n) is 8.58. The van der Waals surface area contributed by atoms with Crippen LogP contribution in [0.2, 0.25) is 5.02 Å². The Labute approximate surface area is 212 Å². The maximum atomic E-state index is 13.6. The van der Waals surface area contributed by atoms with Crippen LogP contribution in [0, 0.1) is 12.7 Å². The zero-order valence-electron chi connectivity index (χ0n) is 19.3. The molecule has 0 saturated heterocycles. The standard InChI is InChI=1S/C28H20ClFN6/c1-16-4-6-19-18(8-11-33-28(19)36-17-5-7-23(30)22(29)13-17)21(16)14-25-20(3-2-10-31-25)26-27-24(9-12-32-27)34-15-35-26/h2-8,10-13,15H,9,14H2,1H3,(H,33,36). The highest BCUT2D eigenvalue weighted by atomic mass is 35.5. The number of rotatable bonds is 5. The van der Waals surface area contributed by atoms with Gasteiger partial charge in [0.15, 0.2) is 0 Å². The van der Waals surface area contributed by atoms with E-state index in [-0.39, 0.29) is 5.02 Å². The topological polar surface area (TPSA) is 76.0 Å². The molecule has 0 aliphatic carbocycles. The molecule has 6 rings (SSSR count). The molecule has 0 unspecified atom stereocenters. The molecule has 0 fully saturated rings. The van der Waals surface area contributed by atoms with Gasteiger partial charge in [-0.3, -0.25) is 9.98 Å². The predicted molar refractivity (Wildman–Crippen MR) is 141 cm³/mol. The van der Waals surface area contributed by atoms with Crippen molar-refractivity contribution >= 4 is 45.8 Å². The van der Waals surface area contributed by atoms with E-state index >= 15 is 0 Å². The highest BCUT2D eigenvalue weighted by Crippen LogP contribution is 2.36. The molecule has 6 nitrogen and oxygen atoms in total. The van der Waals surface area contributed by atoms with Crippen molar-refractivity contribution in [1.82, 2.24) is 19.9 Å². The van der Waals surface area contributed by atoms with Crippen LogP contribution in [0.5, 0.6) is 0 Å². The number of aromatic nitrogens is 4. The Morgan fingerprint density at radius 3 is 2.78 bits per heavy atom. The Kier molecular flexibility index (Phi) is 5.62. The largest absolute Gasteiger partial charge is 0.340 e. The molecule has 0 amide bonds. The molecular weight excluding hydrogens is 475 g/mol. The van der Waals surface area contributed by atoms with Gasteiger partial charge in [0, 0.05) is 48.1 Å². The molecule has 0 bridgehead atoms. The van der Waals surface area contributed by atoms with Crippen LogP contribution in [0.25, 0.3) is 22.0 Å². The van der Waals surface area contributed by atoms with Crippen molar-refractivity contribution in [3.8, 4) is 11.3 Å². The lowest BCUT2D eigenvalue weighted by molar-refractivity contribution is 0.628. The first-order chi connectivity index (χ1) is 17.6.